The highest BCUT2D eigenvalue weighted by molar-refractivity contribution is 5.84. The van der Waals surface area contributed by atoms with E-state index in [1.165, 1.54) is 0 Å². The first-order valence-corrected chi connectivity index (χ1v) is 14.3. The van der Waals surface area contributed by atoms with Crippen LogP contribution in [0.25, 0.3) is 56.2 Å². The number of fused-ring (bicyclic) bond motifs is 2. The zero-order valence-electron chi connectivity index (χ0n) is 23.2. The smallest absolute Gasteiger partial charge is 0.145 e. The lowest BCUT2D eigenvalue weighted by molar-refractivity contribution is 0.483. The Labute approximate surface area is 248 Å². The highest BCUT2D eigenvalue weighted by Gasteiger charge is 2.16. The van der Waals surface area contributed by atoms with Gasteiger partial charge in [-0.3, -0.25) is 9.13 Å². The summed E-state index contributed by atoms with van der Waals surface area (Å²) in [6.45, 7) is 0. The Morgan fingerprint density at radius 1 is 0.372 bits per heavy atom. The van der Waals surface area contributed by atoms with Gasteiger partial charge < -0.3 is 4.74 Å². The highest BCUT2D eigenvalue weighted by Crippen LogP contribution is 2.33. The van der Waals surface area contributed by atoms with Gasteiger partial charge in [0.1, 0.15) is 23.1 Å². The van der Waals surface area contributed by atoms with E-state index in [2.05, 4.69) is 69.8 Å². The number of imidazole rings is 2. The average molecular weight is 555 g/mol. The van der Waals surface area contributed by atoms with Crippen LogP contribution in [-0.2, 0) is 0 Å². The molecule has 2 aromatic heterocycles. The van der Waals surface area contributed by atoms with Crippen molar-refractivity contribution in [2.45, 2.75) is 0 Å². The van der Waals surface area contributed by atoms with E-state index in [0.29, 0.717) is 0 Å². The third kappa shape index (κ3) is 4.53. The summed E-state index contributed by atoms with van der Waals surface area (Å²) in [5, 5.41) is 0. The second kappa shape index (κ2) is 10.5. The van der Waals surface area contributed by atoms with E-state index >= 15 is 0 Å². The maximum absolute atomic E-state index is 6.25. The number of aromatic nitrogens is 4. The maximum Gasteiger partial charge on any atom is 0.145 e. The molecule has 204 valence electrons. The van der Waals surface area contributed by atoms with Gasteiger partial charge in [0.25, 0.3) is 0 Å². The summed E-state index contributed by atoms with van der Waals surface area (Å²) >= 11 is 0. The normalized spacial score (nSPS) is 11.3. The molecule has 8 rings (SSSR count). The summed E-state index contributed by atoms with van der Waals surface area (Å²) in [5.41, 5.74) is 8.25. The Bertz CT molecular complexity index is 2020. The van der Waals surface area contributed by atoms with Crippen molar-refractivity contribution < 1.29 is 4.74 Å². The third-order valence-corrected chi connectivity index (χ3v) is 7.61. The van der Waals surface area contributed by atoms with Crippen LogP contribution in [0.5, 0.6) is 11.5 Å². The first-order chi connectivity index (χ1) is 21.3. The van der Waals surface area contributed by atoms with Crippen LogP contribution in [0, 0.1) is 0 Å². The lowest BCUT2D eigenvalue weighted by Gasteiger charge is -2.11. The Morgan fingerprint density at radius 2 is 0.744 bits per heavy atom. The van der Waals surface area contributed by atoms with E-state index in [1.807, 2.05) is 97.1 Å². The molecule has 0 atom stereocenters. The minimum atomic E-state index is 0.760. The Kier molecular flexibility index (Phi) is 6.05. The number of hydrogen-bond acceptors (Lipinski definition) is 3. The standard InChI is InChI=1S/C38H26N4O/c1-3-11-29(12-4-1)41-35-17-9-7-15-33(35)39-37(41)27-19-23-31(24-20-27)43-32-25-21-28(22-26-32)38-40-34-16-8-10-18-36(34)42(38)30-13-5-2-6-14-30/h1-26H. The van der Waals surface area contributed by atoms with Gasteiger partial charge in [-0.2, -0.15) is 0 Å². The largest absolute Gasteiger partial charge is 0.457 e. The van der Waals surface area contributed by atoms with Gasteiger partial charge in [-0.15, -0.1) is 0 Å². The molecule has 0 radical (unpaired) electrons. The molecule has 8 aromatic rings. The fraction of sp³-hybridized carbons (Fsp3) is 0. The molecule has 0 saturated carbocycles. The molecule has 0 amide bonds. The second-order valence-corrected chi connectivity index (χ2v) is 10.3. The van der Waals surface area contributed by atoms with Gasteiger partial charge in [0.15, 0.2) is 0 Å². The average Bonchev–Trinajstić information content (AvgIpc) is 3.66. The van der Waals surface area contributed by atoms with Crippen LogP contribution < -0.4 is 4.74 Å². The van der Waals surface area contributed by atoms with Crippen LogP contribution in [0.15, 0.2) is 158 Å². The molecule has 5 heteroatoms. The van der Waals surface area contributed by atoms with E-state index in [-0.39, 0.29) is 0 Å². The van der Waals surface area contributed by atoms with Crippen molar-refractivity contribution in [2.75, 3.05) is 0 Å². The number of ether oxygens (including phenoxy) is 1. The number of benzene rings is 6. The molecule has 0 unspecified atom stereocenters. The summed E-state index contributed by atoms with van der Waals surface area (Å²) < 4.78 is 10.7. The Balaban J connectivity index is 1.09. The molecule has 0 saturated heterocycles. The molecule has 0 N–H and O–H groups in total. The molecule has 0 aliphatic rings. The van der Waals surface area contributed by atoms with Gasteiger partial charge in [0.2, 0.25) is 0 Å². The molecular weight excluding hydrogens is 528 g/mol. The van der Waals surface area contributed by atoms with Gasteiger partial charge in [-0.1, -0.05) is 60.7 Å². The predicted octanol–water partition coefficient (Wildman–Crippen LogP) is 9.49. The molecule has 6 aromatic carbocycles. The van der Waals surface area contributed by atoms with E-state index in [4.69, 9.17) is 14.7 Å². The molecule has 0 aliphatic heterocycles. The third-order valence-electron chi connectivity index (χ3n) is 7.61. The molecule has 0 aliphatic carbocycles. The fourth-order valence-corrected chi connectivity index (χ4v) is 5.60. The number of rotatable bonds is 6. The van der Waals surface area contributed by atoms with Crippen molar-refractivity contribution in [3.63, 3.8) is 0 Å². The first kappa shape index (κ1) is 24.8. The monoisotopic (exact) mass is 554 g/mol. The van der Waals surface area contributed by atoms with Crippen molar-refractivity contribution in [2.24, 2.45) is 0 Å². The maximum atomic E-state index is 6.25. The van der Waals surface area contributed by atoms with Crippen molar-refractivity contribution >= 4 is 22.1 Å². The number of para-hydroxylation sites is 6. The topological polar surface area (TPSA) is 44.9 Å². The minimum Gasteiger partial charge on any atom is -0.457 e. The molecule has 5 nitrogen and oxygen atoms in total. The van der Waals surface area contributed by atoms with Crippen LogP contribution in [0.3, 0.4) is 0 Å². The van der Waals surface area contributed by atoms with E-state index < -0.39 is 0 Å². The molecule has 0 bridgehead atoms. The molecule has 0 fully saturated rings. The highest BCUT2D eigenvalue weighted by atomic mass is 16.5. The van der Waals surface area contributed by atoms with E-state index in [9.17, 15) is 0 Å². The van der Waals surface area contributed by atoms with Crippen LogP contribution in [0.4, 0.5) is 0 Å². The molecular formula is C38H26N4O. The van der Waals surface area contributed by atoms with Gasteiger partial charge in [0, 0.05) is 22.5 Å². The summed E-state index contributed by atoms with van der Waals surface area (Å²) in [5.74, 6) is 3.31. The van der Waals surface area contributed by atoms with Crippen molar-refractivity contribution in [1.29, 1.82) is 0 Å². The van der Waals surface area contributed by atoms with Gasteiger partial charge >= 0.3 is 0 Å². The number of nitrogens with zero attached hydrogens (tertiary/aromatic N) is 4. The van der Waals surface area contributed by atoms with E-state index in [1.54, 1.807) is 0 Å². The number of hydrogen-bond donors (Lipinski definition) is 0. The Hall–Kier alpha value is -5.94. The SMILES string of the molecule is c1ccc(-n2c(-c3ccc(Oc4ccc(-c5nc6ccccc6n5-c5ccccc5)cc4)cc3)nc3ccccc32)cc1. The van der Waals surface area contributed by atoms with Gasteiger partial charge in [0.05, 0.1) is 22.1 Å². The van der Waals surface area contributed by atoms with Gasteiger partial charge in [-0.05, 0) is 97.1 Å². The van der Waals surface area contributed by atoms with Crippen LogP contribution in [-0.4, -0.2) is 19.1 Å². The van der Waals surface area contributed by atoms with E-state index in [0.717, 1.165) is 67.7 Å². The zero-order valence-corrected chi connectivity index (χ0v) is 23.2. The summed E-state index contributed by atoms with van der Waals surface area (Å²) in [4.78, 5) is 9.94. The molecule has 2 heterocycles. The summed E-state index contributed by atoms with van der Waals surface area (Å²) in [6.07, 6.45) is 0. The fourth-order valence-electron chi connectivity index (χ4n) is 5.60. The van der Waals surface area contributed by atoms with Crippen LogP contribution in [0.2, 0.25) is 0 Å². The lowest BCUT2D eigenvalue weighted by Crippen LogP contribution is -1.97. The lowest BCUT2D eigenvalue weighted by atomic mass is 10.2. The van der Waals surface area contributed by atoms with Crippen molar-refractivity contribution in [1.82, 2.24) is 19.1 Å². The zero-order chi connectivity index (χ0) is 28.6. The van der Waals surface area contributed by atoms with Crippen molar-refractivity contribution in [3.05, 3.63) is 158 Å². The summed E-state index contributed by atoms with van der Waals surface area (Å²) in [6, 6.07) is 53.3. The predicted molar refractivity (Wildman–Crippen MR) is 173 cm³/mol. The van der Waals surface area contributed by atoms with Crippen LogP contribution in [0.1, 0.15) is 0 Å². The molecule has 0 spiro atoms. The Morgan fingerprint density at radius 3 is 1.16 bits per heavy atom. The van der Waals surface area contributed by atoms with Crippen molar-refractivity contribution in [3.8, 4) is 45.6 Å². The molecule has 43 heavy (non-hydrogen) atoms. The first-order valence-electron chi connectivity index (χ1n) is 14.3. The van der Waals surface area contributed by atoms with Crippen LogP contribution >= 0.6 is 0 Å². The second-order valence-electron chi connectivity index (χ2n) is 10.3. The minimum absolute atomic E-state index is 0.760. The quantitative estimate of drug-likeness (QED) is 0.206. The summed E-state index contributed by atoms with van der Waals surface area (Å²) in [7, 11) is 0. The van der Waals surface area contributed by atoms with Gasteiger partial charge in [-0.25, -0.2) is 9.97 Å².